The van der Waals surface area contributed by atoms with Gasteiger partial charge in [0, 0.05) is 13.6 Å². The summed E-state index contributed by atoms with van der Waals surface area (Å²) in [5, 5.41) is 2.38. The fourth-order valence-electron chi connectivity index (χ4n) is 2.03. The number of rotatable bonds is 3. The Hall–Kier alpha value is -1.51. The van der Waals surface area contributed by atoms with E-state index in [1.807, 2.05) is 0 Å². The molecule has 1 unspecified atom stereocenters. The first-order chi connectivity index (χ1) is 9.48. The Labute approximate surface area is 116 Å². The van der Waals surface area contributed by atoms with Crippen LogP contribution >= 0.6 is 0 Å². The molecule has 1 aromatic carbocycles. The number of amides is 1. The van der Waals surface area contributed by atoms with E-state index in [2.05, 4.69) is 5.32 Å². The lowest BCUT2D eigenvalue weighted by Gasteiger charge is -2.33. The fraction of sp³-hybridized carbons (Fsp3) is 0.417. The smallest absolute Gasteiger partial charge is 0.246 e. The van der Waals surface area contributed by atoms with E-state index in [0.29, 0.717) is 0 Å². The fourth-order valence-corrected chi connectivity index (χ4v) is 3.65. The molecule has 1 aliphatic heterocycles. The summed E-state index contributed by atoms with van der Waals surface area (Å²) < 4.78 is 44.8. The van der Waals surface area contributed by atoms with Gasteiger partial charge in [-0.05, 0) is 12.1 Å². The van der Waals surface area contributed by atoms with Crippen LogP contribution in [0.4, 0.5) is 4.39 Å². The minimum atomic E-state index is -4.08. The number of likely N-dealkylation sites (N-methyl/N-ethyl adjacent to an activating group) is 1. The summed E-state index contributed by atoms with van der Waals surface area (Å²) in [6.07, 6.45) is 0. The molecule has 20 heavy (non-hydrogen) atoms. The van der Waals surface area contributed by atoms with Gasteiger partial charge >= 0.3 is 0 Å². The van der Waals surface area contributed by atoms with Crippen molar-refractivity contribution in [3.63, 3.8) is 0 Å². The van der Waals surface area contributed by atoms with E-state index in [1.54, 1.807) is 0 Å². The molecule has 2 rings (SSSR count). The number of hydrogen-bond acceptors (Lipinski definition) is 4. The average molecular weight is 302 g/mol. The van der Waals surface area contributed by atoms with Crippen molar-refractivity contribution in [2.24, 2.45) is 0 Å². The van der Waals surface area contributed by atoms with Crippen LogP contribution in [0.1, 0.15) is 0 Å². The highest BCUT2D eigenvalue weighted by Crippen LogP contribution is 2.22. The van der Waals surface area contributed by atoms with Gasteiger partial charge in [0.05, 0.1) is 13.2 Å². The zero-order valence-electron chi connectivity index (χ0n) is 10.9. The summed E-state index contributed by atoms with van der Waals surface area (Å²) >= 11 is 0. The van der Waals surface area contributed by atoms with E-state index in [4.69, 9.17) is 4.74 Å². The van der Waals surface area contributed by atoms with Crippen LogP contribution in [0.15, 0.2) is 29.2 Å². The molecule has 1 fully saturated rings. The highest BCUT2D eigenvalue weighted by Gasteiger charge is 2.38. The standard InChI is InChI=1S/C12H15FN2O4S/c1-14-12(16)10-8-19-7-6-15(10)20(17,18)11-5-3-2-4-9(11)13/h2-5,10H,6-8H2,1H3,(H,14,16). The number of benzene rings is 1. The highest BCUT2D eigenvalue weighted by atomic mass is 32.2. The molecular weight excluding hydrogens is 287 g/mol. The Bertz CT molecular complexity index is 605. The van der Waals surface area contributed by atoms with Gasteiger partial charge in [0.2, 0.25) is 15.9 Å². The van der Waals surface area contributed by atoms with Gasteiger partial charge in [-0.3, -0.25) is 4.79 Å². The minimum absolute atomic E-state index is 0.00868. The van der Waals surface area contributed by atoms with E-state index in [0.717, 1.165) is 10.4 Å². The van der Waals surface area contributed by atoms with Crippen molar-refractivity contribution in [3.8, 4) is 0 Å². The summed E-state index contributed by atoms with van der Waals surface area (Å²) in [6, 6.07) is 4.11. The Morgan fingerprint density at radius 2 is 2.15 bits per heavy atom. The number of morpholine rings is 1. The lowest BCUT2D eigenvalue weighted by atomic mass is 10.2. The van der Waals surface area contributed by atoms with Crippen molar-refractivity contribution >= 4 is 15.9 Å². The average Bonchev–Trinajstić information content (AvgIpc) is 2.46. The van der Waals surface area contributed by atoms with Gasteiger partial charge in [-0.15, -0.1) is 0 Å². The SMILES string of the molecule is CNC(=O)C1COCCN1S(=O)(=O)c1ccccc1F. The molecule has 0 radical (unpaired) electrons. The molecule has 0 aliphatic carbocycles. The monoisotopic (exact) mass is 302 g/mol. The molecule has 1 N–H and O–H groups in total. The molecule has 1 amide bonds. The first-order valence-electron chi connectivity index (χ1n) is 6.04. The Balaban J connectivity index is 2.41. The van der Waals surface area contributed by atoms with Crippen LogP contribution in [0.2, 0.25) is 0 Å². The maximum atomic E-state index is 13.7. The molecule has 1 heterocycles. The Kier molecular flexibility index (Phi) is 4.36. The normalized spacial score (nSPS) is 20.6. The van der Waals surface area contributed by atoms with Gasteiger partial charge in [0.15, 0.2) is 0 Å². The second kappa shape index (κ2) is 5.86. The number of nitrogens with one attached hydrogen (secondary N) is 1. The third-order valence-electron chi connectivity index (χ3n) is 3.05. The highest BCUT2D eigenvalue weighted by molar-refractivity contribution is 7.89. The van der Waals surface area contributed by atoms with E-state index in [9.17, 15) is 17.6 Å². The number of halogens is 1. The quantitative estimate of drug-likeness (QED) is 0.850. The van der Waals surface area contributed by atoms with E-state index < -0.39 is 32.7 Å². The first-order valence-corrected chi connectivity index (χ1v) is 7.48. The van der Waals surface area contributed by atoms with Gasteiger partial charge in [-0.25, -0.2) is 12.8 Å². The van der Waals surface area contributed by atoms with E-state index in [1.165, 1.54) is 25.2 Å². The summed E-state index contributed by atoms with van der Waals surface area (Å²) in [6.45, 7) is 0.128. The van der Waals surface area contributed by atoms with Crippen molar-refractivity contribution in [1.29, 1.82) is 0 Å². The number of carbonyl (C=O) groups is 1. The van der Waals surface area contributed by atoms with Crippen LogP contribution in [0, 0.1) is 5.82 Å². The largest absolute Gasteiger partial charge is 0.378 e. The van der Waals surface area contributed by atoms with Crippen LogP contribution in [-0.4, -0.2) is 51.5 Å². The second-order valence-corrected chi connectivity index (χ2v) is 6.11. The second-order valence-electron chi connectivity index (χ2n) is 4.25. The van der Waals surface area contributed by atoms with E-state index >= 15 is 0 Å². The molecule has 1 saturated heterocycles. The predicted molar refractivity (Wildman–Crippen MR) is 69.0 cm³/mol. The summed E-state index contributed by atoms with van der Waals surface area (Å²) in [4.78, 5) is 11.3. The zero-order valence-corrected chi connectivity index (χ0v) is 11.7. The zero-order chi connectivity index (χ0) is 14.8. The minimum Gasteiger partial charge on any atom is -0.378 e. The van der Waals surface area contributed by atoms with Crippen LogP contribution in [0.3, 0.4) is 0 Å². The maximum Gasteiger partial charge on any atom is 0.246 e. The van der Waals surface area contributed by atoms with Crippen molar-refractivity contribution in [3.05, 3.63) is 30.1 Å². The van der Waals surface area contributed by atoms with Crippen LogP contribution < -0.4 is 5.32 Å². The number of hydrogen-bond donors (Lipinski definition) is 1. The molecule has 0 bridgehead atoms. The molecule has 1 aliphatic rings. The number of carbonyl (C=O) groups excluding carboxylic acids is 1. The Morgan fingerprint density at radius 3 is 2.80 bits per heavy atom. The third kappa shape index (κ3) is 2.67. The maximum absolute atomic E-state index is 13.7. The van der Waals surface area contributed by atoms with Crippen LogP contribution in [0.5, 0.6) is 0 Å². The van der Waals surface area contributed by atoms with Gasteiger partial charge in [0.25, 0.3) is 0 Å². The first kappa shape index (κ1) is 14.9. The molecule has 1 aromatic rings. The summed E-state index contributed by atoms with van der Waals surface area (Å²) in [7, 11) is -2.67. The summed E-state index contributed by atoms with van der Waals surface area (Å²) in [5.41, 5.74) is 0. The topological polar surface area (TPSA) is 75.7 Å². The molecule has 0 spiro atoms. The van der Waals surface area contributed by atoms with E-state index in [-0.39, 0.29) is 19.8 Å². The van der Waals surface area contributed by atoms with Crippen molar-refractivity contribution in [2.45, 2.75) is 10.9 Å². The molecule has 1 atom stereocenters. The molecule has 6 nitrogen and oxygen atoms in total. The van der Waals surface area contributed by atoms with Crippen molar-refractivity contribution < 1.29 is 22.3 Å². The molecule has 8 heteroatoms. The number of sulfonamides is 1. The number of nitrogens with zero attached hydrogens (tertiary/aromatic N) is 1. The van der Waals surface area contributed by atoms with Gasteiger partial charge < -0.3 is 10.1 Å². The van der Waals surface area contributed by atoms with Gasteiger partial charge in [-0.2, -0.15) is 4.31 Å². The van der Waals surface area contributed by atoms with Crippen molar-refractivity contribution in [2.75, 3.05) is 26.8 Å². The molecule has 0 saturated carbocycles. The third-order valence-corrected chi connectivity index (χ3v) is 4.99. The number of ether oxygens (including phenoxy) is 1. The lowest BCUT2D eigenvalue weighted by molar-refractivity contribution is -0.128. The predicted octanol–water partition coefficient (Wildman–Crippen LogP) is -0.0388. The molecular formula is C12H15FN2O4S. The Morgan fingerprint density at radius 1 is 1.45 bits per heavy atom. The van der Waals surface area contributed by atoms with Crippen molar-refractivity contribution in [1.82, 2.24) is 9.62 Å². The van der Waals surface area contributed by atoms with Gasteiger partial charge in [0.1, 0.15) is 16.8 Å². The van der Waals surface area contributed by atoms with Gasteiger partial charge in [-0.1, -0.05) is 12.1 Å². The lowest BCUT2D eigenvalue weighted by Crippen LogP contribution is -2.55. The summed E-state index contributed by atoms with van der Waals surface area (Å²) in [5.74, 6) is -1.32. The molecule has 0 aromatic heterocycles. The van der Waals surface area contributed by atoms with Crippen LogP contribution in [-0.2, 0) is 19.6 Å². The molecule has 110 valence electrons. The van der Waals surface area contributed by atoms with Crippen LogP contribution in [0.25, 0.3) is 0 Å².